The van der Waals surface area contributed by atoms with E-state index in [9.17, 15) is 0 Å². The molecule has 0 amide bonds. The first-order valence-corrected chi connectivity index (χ1v) is 28.0. The van der Waals surface area contributed by atoms with Crippen LogP contribution >= 0.6 is 0 Å². The number of hydrogen-bond acceptors (Lipinski definition) is 0. The molecule has 6 aromatic rings. The van der Waals surface area contributed by atoms with Crippen LogP contribution < -0.4 is 6.54 Å². The van der Waals surface area contributed by atoms with Gasteiger partial charge in [-0.15, -0.1) is 0 Å². The van der Waals surface area contributed by atoms with E-state index in [1.165, 1.54) is 44.5 Å². The molecule has 0 N–H and O–H groups in total. The van der Waals surface area contributed by atoms with Crippen molar-refractivity contribution in [3.05, 3.63) is 180 Å². The van der Waals surface area contributed by atoms with Crippen molar-refractivity contribution in [1.82, 2.24) is 0 Å². The van der Waals surface area contributed by atoms with Crippen molar-refractivity contribution >= 4 is 13.9 Å². The van der Waals surface area contributed by atoms with Crippen molar-refractivity contribution < 1.29 is 17.9 Å². The van der Waals surface area contributed by atoms with Gasteiger partial charge in [-0.3, -0.25) is 0 Å². The maximum absolute atomic E-state index is 4.49. The molecule has 0 saturated heterocycles. The Kier molecular flexibility index (Phi) is 5.43. The molecule has 6 aromatic carbocycles. The van der Waals surface area contributed by atoms with Crippen LogP contribution in [0.3, 0.4) is 0 Å². The standard InChI is InChI=1S/2C13H9.2C6H5.H3Si.Zr/c2*1-3-7-12-10(5-1)9-11-6-2-4-8-13(11)12;2*1-2-4-6-5-3-1;;/h2*1-9H;2*1-5H;1H3;. The van der Waals surface area contributed by atoms with E-state index in [2.05, 4.69) is 158 Å². The summed E-state index contributed by atoms with van der Waals surface area (Å²) in [5.41, 5.74) is 11.8. The fourth-order valence-corrected chi connectivity index (χ4v) is 40.5. The minimum atomic E-state index is -4.49. The number of benzene rings is 6. The Morgan fingerprint density at radius 1 is 0.325 bits per heavy atom. The van der Waals surface area contributed by atoms with E-state index in [0.29, 0.717) is 7.25 Å². The first kappa shape index (κ1) is 24.2. The molecule has 0 bridgehead atoms. The van der Waals surface area contributed by atoms with Gasteiger partial charge in [0.1, 0.15) is 0 Å². The van der Waals surface area contributed by atoms with Crippen molar-refractivity contribution in [2.45, 2.75) is 7.25 Å². The predicted molar refractivity (Wildman–Crippen MR) is 170 cm³/mol. The molecule has 0 aromatic heterocycles. The number of fused-ring (bicyclic) bond motifs is 6. The van der Waals surface area contributed by atoms with Gasteiger partial charge in [0.05, 0.1) is 0 Å². The molecule has 2 heteroatoms. The summed E-state index contributed by atoms with van der Waals surface area (Å²) in [7, 11) is 1.09. The van der Waals surface area contributed by atoms with E-state index in [0.717, 1.165) is 7.37 Å². The van der Waals surface area contributed by atoms with Gasteiger partial charge in [-0.05, 0) is 0 Å². The molecule has 191 valence electrons. The Bertz CT molecular complexity index is 1660. The maximum atomic E-state index is 2.50. The zero-order chi connectivity index (χ0) is 26.8. The van der Waals surface area contributed by atoms with Crippen LogP contribution in [0.15, 0.2) is 158 Å². The van der Waals surface area contributed by atoms with E-state index in [-0.39, 0.29) is 0 Å². The zero-order valence-corrected chi connectivity index (χ0v) is 27.1. The van der Waals surface area contributed by atoms with Crippen molar-refractivity contribution in [3.8, 4) is 22.3 Å². The molecule has 0 aliphatic heterocycles. The summed E-state index contributed by atoms with van der Waals surface area (Å²) in [6.07, 6.45) is 0. The van der Waals surface area contributed by atoms with Gasteiger partial charge < -0.3 is 0 Å². The summed E-state index contributed by atoms with van der Waals surface area (Å²) in [6.45, 7) is 0. The van der Waals surface area contributed by atoms with Crippen LogP contribution in [-0.4, -0.2) is 7.37 Å². The predicted octanol–water partition coefficient (Wildman–Crippen LogP) is 7.15. The molecule has 2 aliphatic rings. The van der Waals surface area contributed by atoms with E-state index in [4.69, 9.17) is 0 Å². The summed E-state index contributed by atoms with van der Waals surface area (Å²) < 4.78 is 3.92. The monoisotopic (exact) mass is 605 g/mol. The molecular formula is C38H31SiZr. The third-order valence-corrected chi connectivity index (χ3v) is 43.4. The van der Waals surface area contributed by atoms with Gasteiger partial charge in [-0.2, -0.15) is 0 Å². The Morgan fingerprint density at radius 2 is 0.575 bits per heavy atom. The molecular weight excluding hydrogens is 576 g/mol. The van der Waals surface area contributed by atoms with Crippen LogP contribution in [0.1, 0.15) is 29.5 Å². The second-order valence-corrected chi connectivity index (χ2v) is 39.9. The fraction of sp³-hybridized carbons (Fsp3) is 0.0526. The van der Waals surface area contributed by atoms with Crippen molar-refractivity contribution in [2.75, 3.05) is 0 Å². The molecule has 40 heavy (non-hydrogen) atoms. The zero-order valence-electron chi connectivity index (χ0n) is 22.7. The van der Waals surface area contributed by atoms with Crippen LogP contribution in [0, 0.1) is 0 Å². The Morgan fingerprint density at radius 3 is 0.875 bits per heavy atom. The Hall–Kier alpha value is -3.58. The third-order valence-electron chi connectivity index (χ3n) is 10.2. The number of rotatable bonds is 4. The van der Waals surface area contributed by atoms with Crippen molar-refractivity contribution in [2.24, 2.45) is 0 Å². The van der Waals surface area contributed by atoms with E-state index in [1.807, 2.05) is 0 Å². The van der Waals surface area contributed by atoms with Crippen LogP contribution in [-0.2, 0) is 17.9 Å². The number of hydrogen-bond donors (Lipinski definition) is 0. The van der Waals surface area contributed by atoms with Gasteiger partial charge in [-0.1, -0.05) is 0 Å². The van der Waals surface area contributed by atoms with Crippen molar-refractivity contribution in [1.29, 1.82) is 0 Å². The topological polar surface area (TPSA) is 0 Å². The Labute approximate surface area is 239 Å². The van der Waals surface area contributed by atoms with Gasteiger partial charge >= 0.3 is 241 Å². The molecule has 0 radical (unpaired) electrons. The molecule has 8 rings (SSSR count). The molecule has 0 atom stereocenters. The average Bonchev–Trinajstić information content (AvgIpc) is 3.56. The molecule has 0 saturated carbocycles. The first-order chi connectivity index (χ1) is 19.7. The van der Waals surface area contributed by atoms with Gasteiger partial charge in [-0.25, -0.2) is 0 Å². The average molecular weight is 607 g/mol. The molecule has 0 nitrogen and oxygen atoms in total. The van der Waals surface area contributed by atoms with Crippen molar-refractivity contribution in [3.63, 3.8) is 0 Å². The quantitative estimate of drug-likeness (QED) is 0.187. The second kappa shape index (κ2) is 8.96. The van der Waals surface area contributed by atoms with Gasteiger partial charge in [0.15, 0.2) is 0 Å². The third kappa shape index (κ3) is 3.04. The summed E-state index contributed by atoms with van der Waals surface area (Å²) in [6, 6.07) is 60.8. The first-order valence-electron chi connectivity index (χ1n) is 14.4. The summed E-state index contributed by atoms with van der Waals surface area (Å²) in [5, 5.41) is 0. The van der Waals surface area contributed by atoms with E-state index in [1.54, 1.807) is 6.54 Å². The van der Waals surface area contributed by atoms with Gasteiger partial charge in [0.2, 0.25) is 0 Å². The van der Waals surface area contributed by atoms with E-state index >= 15 is 0 Å². The van der Waals surface area contributed by atoms with Crippen LogP contribution in [0.25, 0.3) is 22.3 Å². The van der Waals surface area contributed by atoms with Crippen LogP contribution in [0.4, 0.5) is 0 Å². The summed E-state index contributed by atoms with van der Waals surface area (Å²) >= 11 is -4.49. The normalized spacial score (nSPS) is 15.1. The summed E-state index contributed by atoms with van der Waals surface area (Å²) in [4.78, 5) is 0. The molecule has 0 fully saturated rings. The minimum absolute atomic E-state index is 0.356. The fourth-order valence-electron chi connectivity index (χ4n) is 8.68. The summed E-state index contributed by atoms with van der Waals surface area (Å²) in [5.74, 6) is 0. The van der Waals surface area contributed by atoms with Crippen LogP contribution in [0.5, 0.6) is 0 Å². The van der Waals surface area contributed by atoms with Gasteiger partial charge in [0.25, 0.3) is 0 Å². The van der Waals surface area contributed by atoms with E-state index < -0.39 is 17.9 Å². The van der Waals surface area contributed by atoms with Gasteiger partial charge in [0, 0.05) is 0 Å². The Balaban J connectivity index is 1.62. The SMILES string of the molecule is [SiH3][Zr]([c]1ccccc1)([c]1ccccc1)([CH]1c2ccccc2-c2ccccc21)[CH]1c2ccccc2-c2ccccc21. The molecule has 2 aliphatic carbocycles. The van der Waals surface area contributed by atoms with Crippen LogP contribution in [0.2, 0.25) is 0 Å². The molecule has 0 unspecified atom stereocenters. The molecule has 0 heterocycles. The second-order valence-electron chi connectivity index (χ2n) is 11.9. The molecule has 0 spiro atoms.